The van der Waals surface area contributed by atoms with E-state index in [1.807, 2.05) is 0 Å². The first-order chi connectivity index (χ1) is 7.07. The summed E-state index contributed by atoms with van der Waals surface area (Å²) < 4.78 is 25.9. The summed E-state index contributed by atoms with van der Waals surface area (Å²) in [5.74, 6) is -2.44. The third-order valence-electron chi connectivity index (χ3n) is 3.71. The summed E-state index contributed by atoms with van der Waals surface area (Å²) in [4.78, 5) is 2.18. The second-order valence-corrected chi connectivity index (χ2v) is 4.85. The van der Waals surface area contributed by atoms with Crippen LogP contribution in [0.2, 0.25) is 0 Å². The van der Waals surface area contributed by atoms with E-state index in [2.05, 4.69) is 4.90 Å². The Morgan fingerprint density at radius 2 is 1.53 bits per heavy atom. The van der Waals surface area contributed by atoms with Gasteiger partial charge in [0.05, 0.1) is 6.10 Å². The molecule has 1 aliphatic heterocycles. The van der Waals surface area contributed by atoms with Crippen LogP contribution in [0.25, 0.3) is 0 Å². The summed E-state index contributed by atoms with van der Waals surface area (Å²) in [5.41, 5.74) is 0. The number of aliphatic hydroxyl groups excluding tert-OH is 1. The summed E-state index contributed by atoms with van der Waals surface area (Å²) in [6, 6.07) is 0.435. The molecule has 88 valence electrons. The molecule has 2 fully saturated rings. The number of halogens is 2. The Balaban J connectivity index is 1.80. The largest absolute Gasteiger partial charge is 0.393 e. The maximum Gasteiger partial charge on any atom is 0.250 e. The van der Waals surface area contributed by atoms with Crippen LogP contribution in [0.15, 0.2) is 0 Å². The summed E-state index contributed by atoms with van der Waals surface area (Å²) in [7, 11) is 0. The molecule has 1 saturated carbocycles. The molecule has 0 atom stereocenters. The quantitative estimate of drug-likeness (QED) is 0.729. The lowest BCUT2D eigenvalue weighted by Gasteiger charge is -2.39. The molecule has 0 spiro atoms. The van der Waals surface area contributed by atoms with Crippen LogP contribution in [0, 0.1) is 0 Å². The second kappa shape index (κ2) is 4.34. The van der Waals surface area contributed by atoms with Crippen molar-refractivity contribution in [2.45, 2.75) is 56.6 Å². The van der Waals surface area contributed by atoms with Crippen LogP contribution in [-0.4, -0.2) is 41.2 Å². The smallest absolute Gasteiger partial charge is 0.250 e. The van der Waals surface area contributed by atoms with Gasteiger partial charge in [0.2, 0.25) is 0 Å². The van der Waals surface area contributed by atoms with Gasteiger partial charge in [-0.25, -0.2) is 8.78 Å². The fourth-order valence-electron chi connectivity index (χ4n) is 2.64. The van der Waals surface area contributed by atoms with E-state index in [0.29, 0.717) is 19.1 Å². The number of alkyl halides is 2. The third kappa shape index (κ3) is 2.88. The van der Waals surface area contributed by atoms with E-state index in [0.717, 1.165) is 25.7 Å². The van der Waals surface area contributed by atoms with Gasteiger partial charge in [-0.15, -0.1) is 0 Å². The van der Waals surface area contributed by atoms with Crippen LogP contribution in [0.5, 0.6) is 0 Å². The van der Waals surface area contributed by atoms with E-state index in [-0.39, 0.29) is 18.9 Å². The number of piperidine rings is 1. The van der Waals surface area contributed by atoms with Crippen molar-refractivity contribution in [1.82, 2.24) is 4.90 Å². The van der Waals surface area contributed by atoms with Gasteiger partial charge in [-0.3, -0.25) is 4.90 Å². The Morgan fingerprint density at radius 3 is 2.07 bits per heavy atom. The molecule has 15 heavy (non-hydrogen) atoms. The fourth-order valence-corrected chi connectivity index (χ4v) is 2.64. The summed E-state index contributed by atoms with van der Waals surface area (Å²) >= 11 is 0. The highest BCUT2D eigenvalue weighted by atomic mass is 19.3. The van der Waals surface area contributed by atoms with Gasteiger partial charge in [-0.1, -0.05) is 0 Å². The predicted molar refractivity (Wildman–Crippen MR) is 54.0 cm³/mol. The Bertz CT molecular complexity index is 205. The molecule has 0 aromatic carbocycles. The van der Waals surface area contributed by atoms with Crippen LogP contribution in [0.3, 0.4) is 0 Å². The lowest BCUT2D eigenvalue weighted by atomic mass is 9.90. The van der Waals surface area contributed by atoms with Crippen LogP contribution in [-0.2, 0) is 0 Å². The maximum atomic E-state index is 12.9. The number of likely N-dealkylation sites (tertiary alicyclic amines) is 1. The Kier molecular flexibility index (Phi) is 3.26. The molecule has 0 aromatic rings. The second-order valence-electron chi connectivity index (χ2n) is 4.85. The summed E-state index contributed by atoms with van der Waals surface area (Å²) in [6.07, 6.45) is 3.44. The van der Waals surface area contributed by atoms with Crippen molar-refractivity contribution in [2.75, 3.05) is 13.1 Å². The average Bonchev–Trinajstić information content (AvgIpc) is 2.20. The van der Waals surface area contributed by atoms with Crippen molar-refractivity contribution in [2.24, 2.45) is 0 Å². The first-order valence-corrected chi connectivity index (χ1v) is 5.87. The molecule has 0 aromatic heterocycles. The van der Waals surface area contributed by atoms with Crippen molar-refractivity contribution < 1.29 is 13.9 Å². The molecule has 0 unspecified atom stereocenters. The maximum absolute atomic E-state index is 12.9. The highest BCUT2D eigenvalue weighted by Crippen LogP contribution is 2.31. The van der Waals surface area contributed by atoms with Crippen LogP contribution in [0.4, 0.5) is 8.78 Å². The van der Waals surface area contributed by atoms with E-state index in [9.17, 15) is 13.9 Å². The minimum absolute atomic E-state index is 0.00601. The van der Waals surface area contributed by atoms with Crippen LogP contribution in [0.1, 0.15) is 38.5 Å². The van der Waals surface area contributed by atoms with E-state index in [1.54, 1.807) is 0 Å². The lowest BCUT2D eigenvalue weighted by Crippen LogP contribution is -2.46. The van der Waals surface area contributed by atoms with E-state index < -0.39 is 5.92 Å². The van der Waals surface area contributed by atoms with Gasteiger partial charge in [0, 0.05) is 32.0 Å². The van der Waals surface area contributed by atoms with Gasteiger partial charge in [0.1, 0.15) is 0 Å². The lowest BCUT2D eigenvalue weighted by molar-refractivity contribution is -0.0684. The van der Waals surface area contributed by atoms with E-state index >= 15 is 0 Å². The number of rotatable bonds is 1. The predicted octanol–water partition coefficient (Wildman–Crippen LogP) is 2.02. The summed E-state index contributed by atoms with van der Waals surface area (Å²) in [6.45, 7) is 1.04. The zero-order valence-electron chi connectivity index (χ0n) is 8.96. The molecule has 0 bridgehead atoms. The molecule has 4 heteroatoms. The molecule has 1 N–H and O–H groups in total. The number of aliphatic hydroxyl groups is 1. The molecule has 1 aliphatic carbocycles. The van der Waals surface area contributed by atoms with Gasteiger partial charge in [-0.2, -0.15) is 0 Å². The van der Waals surface area contributed by atoms with Gasteiger partial charge in [-0.05, 0) is 25.7 Å². The molecule has 1 heterocycles. The average molecular weight is 219 g/mol. The monoisotopic (exact) mass is 219 g/mol. The van der Waals surface area contributed by atoms with Gasteiger partial charge < -0.3 is 5.11 Å². The van der Waals surface area contributed by atoms with Gasteiger partial charge in [0.15, 0.2) is 0 Å². The van der Waals surface area contributed by atoms with E-state index in [1.165, 1.54) is 0 Å². The number of hydrogen-bond donors (Lipinski definition) is 1. The molecule has 2 aliphatic rings. The van der Waals surface area contributed by atoms with Crippen LogP contribution < -0.4 is 0 Å². The summed E-state index contributed by atoms with van der Waals surface area (Å²) in [5, 5.41) is 9.37. The fraction of sp³-hybridized carbons (Fsp3) is 1.00. The number of hydrogen-bond acceptors (Lipinski definition) is 2. The normalized spacial score (nSPS) is 37.8. The highest BCUT2D eigenvalue weighted by Gasteiger charge is 2.36. The molecule has 1 saturated heterocycles. The van der Waals surface area contributed by atoms with Crippen molar-refractivity contribution in [3.05, 3.63) is 0 Å². The Hall–Kier alpha value is -0.220. The van der Waals surface area contributed by atoms with Crippen LogP contribution >= 0.6 is 0 Å². The first kappa shape index (κ1) is 11.3. The molecule has 0 radical (unpaired) electrons. The molecule has 2 rings (SSSR count). The third-order valence-corrected chi connectivity index (χ3v) is 3.71. The highest BCUT2D eigenvalue weighted by molar-refractivity contribution is 4.85. The molecular formula is C11H19F2NO. The van der Waals surface area contributed by atoms with E-state index in [4.69, 9.17) is 0 Å². The topological polar surface area (TPSA) is 23.5 Å². The first-order valence-electron chi connectivity index (χ1n) is 5.87. The SMILES string of the molecule is OC1CCC(N2CCC(F)(F)CC2)CC1. The standard InChI is InChI=1S/C11H19F2NO/c12-11(13)5-7-14(8-6-11)9-1-3-10(15)4-2-9/h9-10,15H,1-8H2. The minimum Gasteiger partial charge on any atom is -0.393 e. The van der Waals surface area contributed by atoms with Crippen molar-refractivity contribution in [1.29, 1.82) is 0 Å². The van der Waals surface area contributed by atoms with Crippen molar-refractivity contribution in [3.63, 3.8) is 0 Å². The molecule has 0 amide bonds. The Morgan fingerprint density at radius 1 is 1.00 bits per heavy atom. The van der Waals surface area contributed by atoms with Gasteiger partial charge in [0.25, 0.3) is 5.92 Å². The Labute approximate surface area is 89.3 Å². The molecule has 2 nitrogen and oxygen atoms in total. The molecular weight excluding hydrogens is 200 g/mol. The zero-order valence-corrected chi connectivity index (χ0v) is 8.96. The number of nitrogens with zero attached hydrogens (tertiary/aromatic N) is 1. The van der Waals surface area contributed by atoms with Crippen molar-refractivity contribution in [3.8, 4) is 0 Å². The van der Waals surface area contributed by atoms with Gasteiger partial charge >= 0.3 is 0 Å². The van der Waals surface area contributed by atoms with Crippen molar-refractivity contribution >= 4 is 0 Å². The minimum atomic E-state index is -2.44. The zero-order chi connectivity index (χ0) is 10.9.